The van der Waals surface area contributed by atoms with E-state index in [-0.39, 0.29) is 0 Å². The van der Waals surface area contributed by atoms with Crippen LogP contribution in [0.25, 0.3) is 0 Å². The predicted molar refractivity (Wildman–Crippen MR) is 60.6 cm³/mol. The molecule has 0 aliphatic rings. The van der Waals surface area contributed by atoms with Gasteiger partial charge in [0.2, 0.25) is 0 Å². The second-order valence-corrected chi connectivity index (χ2v) is 3.96. The first-order chi connectivity index (χ1) is 6.86. The summed E-state index contributed by atoms with van der Waals surface area (Å²) in [6.07, 6.45) is 3.68. The number of nitrogens with one attached hydrogen (secondary N) is 1. The van der Waals surface area contributed by atoms with Crippen molar-refractivity contribution in [2.45, 2.75) is 13.5 Å². The molecule has 0 amide bonds. The summed E-state index contributed by atoms with van der Waals surface area (Å²) in [6.45, 7) is 2.94. The summed E-state index contributed by atoms with van der Waals surface area (Å²) in [6, 6.07) is 4.13. The minimum absolute atomic E-state index is 0.883. The zero-order chi connectivity index (χ0) is 9.80. The third kappa shape index (κ3) is 2.12. The van der Waals surface area contributed by atoms with Gasteiger partial charge in [0, 0.05) is 24.6 Å². The first-order valence-corrected chi connectivity index (χ1v) is 5.46. The normalized spacial score (nSPS) is 10.1. The van der Waals surface area contributed by atoms with Gasteiger partial charge in [-0.15, -0.1) is 0 Å². The molecule has 2 aromatic heterocycles. The van der Waals surface area contributed by atoms with Gasteiger partial charge < -0.3 is 5.32 Å². The number of hydrogen-bond donors (Lipinski definition) is 1. The molecule has 0 bridgehead atoms. The number of pyridine rings is 1. The van der Waals surface area contributed by atoms with Crippen LogP contribution in [0.4, 0.5) is 5.69 Å². The number of aryl methyl sites for hydroxylation is 1. The molecule has 72 valence electrons. The van der Waals surface area contributed by atoms with Crippen molar-refractivity contribution in [2.75, 3.05) is 5.32 Å². The van der Waals surface area contributed by atoms with Crippen LogP contribution in [0.2, 0.25) is 0 Å². The van der Waals surface area contributed by atoms with E-state index in [1.807, 2.05) is 18.5 Å². The molecule has 0 unspecified atom stereocenters. The third-order valence-electron chi connectivity index (χ3n) is 2.08. The smallest absolute Gasteiger partial charge is 0.0409 e. The van der Waals surface area contributed by atoms with E-state index >= 15 is 0 Å². The van der Waals surface area contributed by atoms with Crippen LogP contribution in [0.5, 0.6) is 0 Å². The van der Waals surface area contributed by atoms with E-state index in [0.717, 1.165) is 12.2 Å². The zero-order valence-corrected chi connectivity index (χ0v) is 8.84. The highest BCUT2D eigenvalue weighted by atomic mass is 32.1. The van der Waals surface area contributed by atoms with E-state index < -0.39 is 0 Å². The van der Waals surface area contributed by atoms with Crippen LogP contribution in [0.1, 0.15) is 11.1 Å². The molecule has 0 fully saturated rings. The summed E-state index contributed by atoms with van der Waals surface area (Å²) in [5.74, 6) is 0. The molecule has 0 atom stereocenters. The van der Waals surface area contributed by atoms with Crippen molar-refractivity contribution in [3.8, 4) is 0 Å². The fourth-order valence-electron chi connectivity index (χ4n) is 1.26. The Morgan fingerprint density at radius 3 is 3.07 bits per heavy atom. The molecule has 2 nitrogen and oxygen atoms in total. The molecule has 0 radical (unpaired) electrons. The summed E-state index contributed by atoms with van der Waals surface area (Å²) in [4.78, 5) is 4.05. The van der Waals surface area contributed by atoms with Gasteiger partial charge in [0.15, 0.2) is 0 Å². The Morgan fingerprint density at radius 2 is 2.36 bits per heavy atom. The maximum Gasteiger partial charge on any atom is 0.0409 e. The minimum Gasteiger partial charge on any atom is -0.381 e. The number of nitrogens with zero attached hydrogens (tertiary/aromatic N) is 1. The minimum atomic E-state index is 0.883. The quantitative estimate of drug-likeness (QED) is 0.831. The molecule has 0 saturated heterocycles. The average molecular weight is 204 g/mol. The number of thiophene rings is 1. The average Bonchev–Trinajstić information content (AvgIpc) is 2.69. The maximum atomic E-state index is 4.05. The van der Waals surface area contributed by atoms with Gasteiger partial charge in [-0.2, -0.15) is 11.3 Å². The number of anilines is 1. The van der Waals surface area contributed by atoms with E-state index in [9.17, 15) is 0 Å². The fourth-order valence-corrected chi connectivity index (χ4v) is 1.93. The number of hydrogen-bond acceptors (Lipinski definition) is 3. The molecule has 0 spiro atoms. The molecule has 2 aromatic rings. The van der Waals surface area contributed by atoms with Crippen LogP contribution < -0.4 is 5.32 Å². The molecule has 1 N–H and O–H groups in total. The molecular formula is C11H12N2S. The van der Waals surface area contributed by atoms with Gasteiger partial charge in [0.05, 0.1) is 0 Å². The standard InChI is InChI=1S/C11H12N2S/c1-9-6-12-4-2-11(9)13-7-10-3-5-14-8-10/h2-6,8H,7H2,1H3,(H,12,13). The molecule has 2 heterocycles. The van der Waals surface area contributed by atoms with Gasteiger partial charge in [-0.3, -0.25) is 4.98 Å². The lowest BCUT2D eigenvalue weighted by Gasteiger charge is -2.07. The molecular weight excluding hydrogens is 192 g/mol. The molecule has 2 rings (SSSR count). The highest BCUT2D eigenvalue weighted by Crippen LogP contribution is 2.14. The van der Waals surface area contributed by atoms with E-state index in [1.54, 1.807) is 11.3 Å². The molecule has 3 heteroatoms. The second kappa shape index (κ2) is 4.24. The lowest BCUT2D eigenvalue weighted by atomic mass is 10.2. The van der Waals surface area contributed by atoms with Gasteiger partial charge in [0.1, 0.15) is 0 Å². The monoisotopic (exact) mass is 204 g/mol. The lowest BCUT2D eigenvalue weighted by Crippen LogP contribution is -1.99. The summed E-state index contributed by atoms with van der Waals surface area (Å²) >= 11 is 1.73. The van der Waals surface area contributed by atoms with Crippen LogP contribution in [0.3, 0.4) is 0 Å². The Balaban J connectivity index is 2.02. The predicted octanol–water partition coefficient (Wildman–Crippen LogP) is 3.06. The Hall–Kier alpha value is -1.35. The van der Waals surface area contributed by atoms with Crippen LogP contribution in [-0.4, -0.2) is 4.98 Å². The first-order valence-electron chi connectivity index (χ1n) is 4.52. The van der Waals surface area contributed by atoms with Crippen LogP contribution in [0, 0.1) is 6.92 Å². The number of aromatic nitrogens is 1. The van der Waals surface area contributed by atoms with E-state index in [2.05, 4.69) is 34.1 Å². The van der Waals surface area contributed by atoms with Gasteiger partial charge in [-0.25, -0.2) is 0 Å². The van der Waals surface area contributed by atoms with Crippen molar-refractivity contribution < 1.29 is 0 Å². The van der Waals surface area contributed by atoms with Crippen molar-refractivity contribution in [1.29, 1.82) is 0 Å². The van der Waals surface area contributed by atoms with Crippen molar-refractivity contribution >= 4 is 17.0 Å². The zero-order valence-electron chi connectivity index (χ0n) is 8.03. The lowest BCUT2D eigenvalue weighted by molar-refractivity contribution is 1.14. The van der Waals surface area contributed by atoms with Crippen LogP contribution >= 0.6 is 11.3 Å². The van der Waals surface area contributed by atoms with Crippen molar-refractivity contribution in [3.63, 3.8) is 0 Å². The number of rotatable bonds is 3. The highest BCUT2D eigenvalue weighted by Gasteiger charge is 1.96. The van der Waals surface area contributed by atoms with Crippen molar-refractivity contribution in [1.82, 2.24) is 4.98 Å². The first kappa shape index (κ1) is 9.21. The Labute approximate surface area is 87.6 Å². The highest BCUT2D eigenvalue weighted by molar-refractivity contribution is 7.07. The van der Waals surface area contributed by atoms with Crippen LogP contribution in [0.15, 0.2) is 35.3 Å². The Morgan fingerprint density at radius 1 is 1.43 bits per heavy atom. The molecule has 0 saturated carbocycles. The SMILES string of the molecule is Cc1cnccc1NCc1ccsc1. The molecule has 0 aliphatic heterocycles. The van der Waals surface area contributed by atoms with Crippen LogP contribution in [-0.2, 0) is 6.54 Å². The van der Waals surface area contributed by atoms with Gasteiger partial charge >= 0.3 is 0 Å². The van der Waals surface area contributed by atoms with E-state index in [0.29, 0.717) is 0 Å². The maximum absolute atomic E-state index is 4.05. The molecule has 0 aromatic carbocycles. The summed E-state index contributed by atoms with van der Waals surface area (Å²) in [5.41, 5.74) is 3.67. The summed E-state index contributed by atoms with van der Waals surface area (Å²) < 4.78 is 0. The van der Waals surface area contributed by atoms with Gasteiger partial charge in [0.25, 0.3) is 0 Å². The van der Waals surface area contributed by atoms with Gasteiger partial charge in [-0.1, -0.05) is 0 Å². The fraction of sp³-hybridized carbons (Fsp3) is 0.182. The topological polar surface area (TPSA) is 24.9 Å². The van der Waals surface area contributed by atoms with E-state index in [1.165, 1.54) is 11.1 Å². The Bertz CT molecular complexity index is 395. The summed E-state index contributed by atoms with van der Waals surface area (Å²) in [5, 5.41) is 7.63. The third-order valence-corrected chi connectivity index (χ3v) is 2.82. The second-order valence-electron chi connectivity index (χ2n) is 3.18. The van der Waals surface area contributed by atoms with Crippen molar-refractivity contribution in [3.05, 3.63) is 46.4 Å². The molecule has 0 aliphatic carbocycles. The molecule has 14 heavy (non-hydrogen) atoms. The van der Waals surface area contributed by atoms with Crippen molar-refractivity contribution in [2.24, 2.45) is 0 Å². The largest absolute Gasteiger partial charge is 0.381 e. The Kier molecular flexibility index (Phi) is 2.79. The summed E-state index contributed by atoms with van der Waals surface area (Å²) in [7, 11) is 0. The van der Waals surface area contributed by atoms with Gasteiger partial charge in [-0.05, 0) is 40.9 Å². The van der Waals surface area contributed by atoms with E-state index in [4.69, 9.17) is 0 Å².